The summed E-state index contributed by atoms with van der Waals surface area (Å²) in [5.74, 6) is 0. The molecule has 4 heteroatoms. The van der Waals surface area contributed by atoms with Gasteiger partial charge in [-0.25, -0.2) is 0 Å². The molecule has 1 fully saturated rings. The van der Waals surface area contributed by atoms with E-state index >= 15 is 0 Å². The van der Waals surface area contributed by atoms with E-state index < -0.39 is 18.3 Å². The van der Waals surface area contributed by atoms with Crippen molar-refractivity contribution in [2.45, 2.75) is 32.0 Å². The van der Waals surface area contributed by atoms with Crippen molar-refractivity contribution in [3.63, 3.8) is 0 Å². The molecule has 1 aliphatic rings. The van der Waals surface area contributed by atoms with Crippen molar-refractivity contribution < 1.29 is 9.31 Å². The van der Waals surface area contributed by atoms with Gasteiger partial charge in [0.15, 0.2) is 0 Å². The van der Waals surface area contributed by atoms with E-state index in [1.165, 1.54) is 41.5 Å². The second-order valence-electron chi connectivity index (χ2n) is 9.76. The molecule has 1 unspecified atom stereocenters. The van der Waals surface area contributed by atoms with Gasteiger partial charge in [0.1, 0.15) is 0 Å². The first kappa shape index (κ1) is 21.8. The molecule has 0 amide bonds. The normalized spacial score (nSPS) is 19.8. The van der Waals surface area contributed by atoms with Crippen LogP contribution in [0.2, 0.25) is 0 Å². The number of rotatable bonds is 3. The van der Waals surface area contributed by atoms with Crippen LogP contribution in [0.25, 0.3) is 41.5 Å². The van der Waals surface area contributed by atoms with Crippen LogP contribution in [0.15, 0.2) is 91.0 Å². The van der Waals surface area contributed by atoms with Crippen LogP contribution < -0.4 is 5.46 Å². The molecule has 5 aromatic rings. The Morgan fingerprint density at radius 3 is 1.94 bits per heavy atom. The number of benzene rings is 4. The Morgan fingerprint density at radius 1 is 0.647 bits per heavy atom. The first-order chi connectivity index (χ1) is 16.3. The molecule has 0 N–H and O–H groups in total. The van der Waals surface area contributed by atoms with Gasteiger partial charge in [0.05, 0.1) is 0 Å². The standard InChI is InChI=1S/C30H26BO2Se/c1-29(2)30(3,4)33-31(32-29)26-15-9-14-25-24-13-8-12-23(27(24)34-28(25)26)22-18-16-21(17-19-22)20-10-6-5-7-11-20/h5-19H,1H2,2-4H3/q+1. The Morgan fingerprint density at radius 2 is 1.26 bits per heavy atom. The quantitative estimate of drug-likeness (QED) is 0.205. The zero-order valence-corrected chi connectivity index (χ0v) is 21.4. The zero-order chi connectivity index (χ0) is 23.5. The third kappa shape index (κ3) is 3.45. The van der Waals surface area contributed by atoms with Gasteiger partial charge in [-0.1, -0.05) is 0 Å². The van der Waals surface area contributed by atoms with Gasteiger partial charge in [0, 0.05) is 0 Å². The van der Waals surface area contributed by atoms with Gasteiger partial charge in [-0.3, -0.25) is 0 Å². The molecular weight excluding hydrogens is 482 g/mol. The van der Waals surface area contributed by atoms with E-state index in [0.717, 1.165) is 5.46 Å². The van der Waals surface area contributed by atoms with E-state index in [4.69, 9.17) is 9.31 Å². The molecule has 4 aromatic carbocycles. The second-order valence-corrected chi connectivity index (χ2v) is 11.9. The summed E-state index contributed by atoms with van der Waals surface area (Å²) in [4.78, 5) is 0. The minimum absolute atomic E-state index is 0.160. The van der Waals surface area contributed by atoms with E-state index in [2.05, 4.69) is 112 Å². The van der Waals surface area contributed by atoms with Gasteiger partial charge in [-0.2, -0.15) is 0 Å². The van der Waals surface area contributed by atoms with Gasteiger partial charge in [0.25, 0.3) is 0 Å². The van der Waals surface area contributed by atoms with Crippen molar-refractivity contribution in [3.8, 4) is 22.3 Å². The monoisotopic (exact) mass is 509 g/mol. The fourth-order valence-electron chi connectivity index (χ4n) is 4.65. The zero-order valence-electron chi connectivity index (χ0n) is 19.7. The van der Waals surface area contributed by atoms with Gasteiger partial charge in [0.2, 0.25) is 0 Å². The summed E-state index contributed by atoms with van der Waals surface area (Å²) >= 11 is 0.160. The van der Waals surface area contributed by atoms with E-state index in [9.17, 15) is 0 Å². The van der Waals surface area contributed by atoms with Crippen LogP contribution in [-0.4, -0.2) is 32.8 Å². The summed E-state index contributed by atoms with van der Waals surface area (Å²) < 4.78 is 15.5. The number of hydrogen-bond acceptors (Lipinski definition) is 2. The van der Waals surface area contributed by atoms with Crippen molar-refractivity contribution in [2.24, 2.45) is 0 Å². The third-order valence-electron chi connectivity index (χ3n) is 7.15. The molecule has 34 heavy (non-hydrogen) atoms. The third-order valence-corrected chi connectivity index (χ3v) is 9.89. The molecular formula is C30H26BO2Se+. The molecule has 2 heterocycles. The summed E-state index contributed by atoms with van der Waals surface area (Å²) in [6.07, 6.45) is 0. The predicted octanol–water partition coefficient (Wildman–Crippen LogP) is 6.50. The van der Waals surface area contributed by atoms with Crippen molar-refractivity contribution in [2.75, 3.05) is 0 Å². The number of hydrogen-bond donors (Lipinski definition) is 0. The van der Waals surface area contributed by atoms with Gasteiger partial charge in [-0.15, -0.1) is 0 Å². The van der Waals surface area contributed by atoms with Crippen LogP contribution in [0.1, 0.15) is 20.8 Å². The molecule has 6 rings (SSSR count). The molecule has 0 bridgehead atoms. The maximum absolute atomic E-state index is 6.37. The summed E-state index contributed by atoms with van der Waals surface area (Å²) in [6, 6.07) is 32.7. The van der Waals surface area contributed by atoms with Crippen molar-refractivity contribution in [1.82, 2.24) is 0 Å². The Kier molecular flexibility index (Phi) is 5.06. The Bertz CT molecular complexity index is 1480. The molecule has 0 radical (unpaired) electrons. The average Bonchev–Trinajstić information content (AvgIpc) is 3.33. The SMILES string of the molecule is [CH2+]C1(C)OB(c2cccc3c2[se]c2c(-c4ccc(-c5ccccc5)cc4)cccc23)OC1(C)C. The van der Waals surface area contributed by atoms with Crippen LogP contribution in [-0.2, 0) is 9.31 Å². The van der Waals surface area contributed by atoms with E-state index in [1.807, 2.05) is 6.92 Å². The molecule has 1 aromatic heterocycles. The van der Waals surface area contributed by atoms with Crippen LogP contribution in [0, 0.1) is 6.92 Å². The van der Waals surface area contributed by atoms with Gasteiger partial charge < -0.3 is 0 Å². The number of fused-ring (bicyclic) bond motifs is 3. The molecule has 1 atom stereocenters. The minimum atomic E-state index is -0.593. The molecule has 1 aliphatic heterocycles. The van der Waals surface area contributed by atoms with Crippen LogP contribution in [0.4, 0.5) is 0 Å². The first-order valence-electron chi connectivity index (χ1n) is 11.7. The Balaban J connectivity index is 1.46. The predicted molar refractivity (Wildman–Crippen MR) is 145 cm³/mol. The van der Waals surface area contributed by atoms with Crippen LogP contribution in [0.5, 0.6) is 0 Å². The summed E-state index contributed by atoms with van der Waals surface area (Å²) in [7, 11) is -0.391. The second kappa shape index (κ2) is 7.90. The Hall–Kier alpha value is -2.75. The molecule has 1 saturated heterocycles. The fourth-order valence-corrected chi connectivity index (χ4v) is 7.50. The van der Waals surface area contributed by atoms with Crippen LogP contribution in [0.3, 0.4) is 0 Å². The van der Waals surface area contributed by atoms with Crippen molar-refractivity contribution >= 4 is 46.4 Å². The molecule has 2 nitrogen and oxygen atoms in total. The average molecular weight is 508 g/mol. The molecule has 0 saturated carbocycles. The van der Waals surface area contributed by atoms with Crippen molar-refractivity contribution in [1.29, 1.82) is 0 Å². The Labute approximate surface area is 207 Å². The van der Waals surface area contributed by atoms with Gasteiger partial charge in [-0.05, 0) is 0 Å². The van der Waals surface area contributed by atoms with E-state index in [0.29, 0.717) is 0 Å². The summed E-state index contributed by atoms with van der Waals surface area (Å²) in [6.45, 7) is 10.4. The van der Waals surface area contributed by atoms with E-state index in [1.54, 1.807) is 0 Å². The molecule has 166 valence electrons. The van der Waals surface area contributed by atoms with Gasteiger partial charge >= 0.3 is 208 Å². The summed E-state index contributed by atoms with van der Waals surface area (Å²) in [5.41, 5.74) is 5.14. The fraction of sp³-hybridized carbons (Fsp3) is 0.167. The van der Waals surface area contributed by atoms with Crippen LogP contribution >= 0.6 is 0 Å². The first-order valence-corrected chi connectivity index (χ1v) is 13.4. The van der Waals surface area contributed by atoms with Crippen molar-refractivity contribution in [3.05, 3.63) is 97.9 Å². The maximum atomic E-state index is 6.37. The molecule has 0 spiro atoms. The topological polar surface area (TPSA) is 18.5 Å². The van der Waals surface area contributed by atoms with E-state index in [-0.39, 0.29) is 14.5 Å². The molecule has 0 aliphatic carbocycles. The summed E-state index contributed by atoms with van der Waals surface area (Å²) in [5, 5.41) is 2.63.